The van der Waals surface area contributed by atoms with Crippen molar-refractivity contribution in [1.82, 2.24) is 19.3 Å². The number of pyridine rings is 2. The predicted molar refractivity (Wildman–Crippen MR) is 114 cm³/mol. The van der Waals surface area contributed by atoms with E-state index < -0.39 is 5.97 Å². The molecule has 9 nitrogen and oxygen atoms in total. The fourth-order valence-electron chi connectivity index (χ4n) is 3.28. The third kappa shape index (κ3) is 3.76. The molecule has 4 rings (SSSR count). The Morgan fingerprint density at radius 2 is 1.87 bits per heavy atom. The zero-order valence-corrected chi connectivity index (χ0v) is 16.7. The van der Waals surface area contributed by atoms with E-state index in [2.05, 4.69) is 10.1 Å². The zero-order valence-electron chi connectivity index (χ0n) is 16.7. The van der Waals surface area contributed by atoms with Gasteiger partial charge in [-0.3, -0.25) is 9.59 Å². The smallest absolute Gasteiger partial charge is 0.337 e. The Kier molecular flexibility index (Phi) is 5.00. The van der Waals surface area contributed by atoms with E-state index in [-0.39, 0.29) is 16.7 Å². The van der Waals surface area contributed by atoms with Gasteiger partial charge in [-0.1, -0.05) is 0 Å². The first kappa shape index (κ1) is 19.9. The second-order valence-electron chi connectivity index (χ2n) is 6.85. The second-order valence-corrected chi connectivity index (χ2v) is 6.85. The fourth-order valence-corrected chi connectivity index (χ4v) is 3.28. The average molecular weight is 418 g/mol. The van der Waals surface area contributed by atoms with Crippen molar-refractivity contribution < 1.29 is 14.6 Å². The Hall–Kier alpha value is -4.40. The molecule has 0 spiro atoms. The summed E-state index contributed by atoms with van der Waals surface area (Å²) in [6.45, 7) is 0. The van der Waals surface area contributed by atoms with Crippen molar-refractivity contribution in [2.75, 3.05) is 7.11 Å². The third-order valence-electron chi connectivity index (χ3n) is 4.90. The van der Waals surface area contributed by atoms with Crippen LogP contribution in [0.2, 0.25) is 0 Å². The number of aromatic amines is 1. The highest BCUT2D eigenvalue weighted by atomic mass is 16.5. The maximum Gasteiger partial charge on any atom is 0.337 e. The highest BCUT2D eigenvalue weighted by molar-refractivity contribution is 5.92. The van der Waals surface area contributed by atoms with Gasteiger partial charge < -0.3 is 19.4 Å². The lowest BCUT2D eigenvalue weighted by atomic mass is 9.99. The van der Waals surface area contributed by atoms with Gasteiger partial charge >= 0.3 is 5.97 Å². The number of aromatic nitrogens is 4. The van der Waals surface area contributed by atoms with E-state index in [0.717, 1.165) is 0 Å². The number of benzene rings is 1. The third-order valence-corrected chi connectivity index (χ3v) is 4.90. The molecule has 3 aromatic heterocycles. The van der Waals surface area contributed by atoms with Crippen molar-refractivity contribution in [3.8, 4) is 33.7 Å². The number of carboxylic acids is 1. The fraction of sp³-hybridized carbons (Fsp3) is 0.0909. The first-order chi connectivity index (χ1) is 14.9. The molecule has 1 aromatic carbocycles. The minimum absolute atomic E-state index is 0.0665. The zero-order chi connectivity index (χ0) is 22.1. The normalized spacial score (nSPS) is 10.8. The molecule has 156 valence electrons. The highest BCUT2D eigenvalue weighted by Crippen LogP contribution is 2.31. The quantitative estimate of drug-likeness (QED) is 0.513. The van der Waals surface area contributed by atoms with Crippen LogP contribution >= 0.6 is 0 Å². The van der Waals surface area contributed by atoms with E-state index in [1.54, 1.807) is 43.8 Å². The lowest BCUT2D eigenvalue weighted by molar-refractivity contribution is 0.0696. The predicted octanol–water partition coefficient (Wildman–Crippen LogP) is 2.30. The molecule has 0 aliphatic rings. The van der Waals surface area contributed by atoms with Crippen LogP contribution in [0.1, 0.15) is 10.4 Å². The number of nitrogens with zero attached hydrogens (tertiary/aromatic N) is 3. The Morgan fingerprint density at radius 1 is 1.06 bits per heavy atom. The number of hydrogen-bond acceptors (Lipinski definition) is 5. The van der Waals surface area contributed by atoms with Crippen LogP contribution in [0, 0.1) is 0 Å². The first-order valence-corrected chi connectivity index (χ1v) is 9.24. The van der Waals surface area contributed by atoms with Crippen molar-refractivity contribution in [3.05, 3.63) is 87.5 Å². The van der Waals surface area contributed by atoms with Crippen LogP contribution in [-0.2, 0) is 7.05 Å². The average Bonchev–Trinajstić information content (AvgIpc) is 3.25. The summed E-state index contributed by atoms with van der Waals surface area (Å²) in [4.78, 5) is 38.0. The maximum atomic E-state index is 12.3. The summed E-state index contributed by atoms with van der Waals surface area (Å²) in [5, 5.41) is 13.9. The van der Waals surface area contributed by atoms with Crippen LogP contribution in [0.5, 0.6) is 5.75 Å². The number of hydrogen-bond donors (Lipinski definition) is 2. The van der Waals surface area contributed by atoms with Crippen LogP contribution in [0.4, 0.5) is 0 Å². The Balaban J connectivity index is 1.88. The molecular formula is C22H18N4O5. The Morgan fingerprint density at radius 3 is 2.55 bits per heavy atom. The molecule has 0 radical (unpaired) electrons. The number of aromatic carboxylic acids is 1. The summed E-state index contributed by atoms with van der Waals surface area (Å²) >= 11 is 0. The lowest BCUT2D eigenvalue weighted by Crippen LogP contribution is -2.15. The van der Waals surface area contributed by atoms with E-state index in [9.17, 15) is 19.5 Å². The summed E-state index contributed by atoms with van der Waals surface area (Å²) in [6, 6.07) is 9.11. The van der Waals surface area contributed by atoms with Crippen LogP contribution < -0.4 is 15.9 Å². The number of aryl methyl sites for hydroxylation is 1. The van der Waals surface area contributed by atoms with Gasteiger partial charge in [-0.05, 0) is 29.3 Å². The van der Waals surface area contributed by atoms with Gasteiger partial charge in [0.2, 0.25) is 5.56 Å². The molecular weight excluding hydrogens is 400 g/mol. The van der Waals surface area contributed by atoms with Gasteiger partial charge in [-0.2, -0.15) is 5.10 Å². The van der Waals surface area contributed by atoms with Crippen molar-refractivity contribution in [3.63, 3.8) is 0 Å². The molecule has 0 fully saturated rings. The number of rotatable bonds is 5. The van der Waals surface area contributed by atoms with Crippen LogP contribution in [0.3, 0.4) is 0 Å². The van der Waals surface area contributed by atoms with Crippen LogP contribution in [0.15, 0.2) is 70.8 Å². The standard InChI is InChI=1S/C22H18N4O5/c1-25-12-18(17(8-21(25)28)13-3-6-20(27)23-9-13)14-10-24-26(11-14)19-7-15(31-2)4-5-16(19)22(29)30/h3-12H,1-2H3,(H,23,27)(H,29,30). The van der Waals surface area contributed by atoms with Gasteiger partial charge in [-0.15, -0.1) is 0 Å². The molecule has 31 heavy (non-hydrogen) atoms. The van der Waals surface area contributed by atoms with E-state index in [1.807, 2.05) is 0 Å². The van der Waals surface area contributed by atoms with E-state index >= 15 is 0 Å². The van der Waals surface area contributed by atoms with Gasteiger partial charge in [0.15, 0.2) is 0 Å². The van der Waals surface area contributed by atoms with Gasteiger partial charge in [-0.25, -0.2) is 9.48 Å². The summed E-state index contributed by atoms with van der Waals surface area (Å²) in [5.41, 5.74) is 2.58. The van der Waals surface area contributed by atoms with Crippen molar-refractivity contribution in [2.45, 2.75) is 0 Å². The second kappa shape index (κ2) is 7.79. The number of carbonyl (C=O) groups is 1. The number of nitrogens with one attached hydrogen (secondary N) is 1. The summed E-state index contributed by atoms with van der Waals surface area (Å²) in [5.74, 6) is -0.598. The molecule has 0 aliphatic heterocycles. The SMILES string of the molecule is COc1ccc(C(=O)O)c(-n2cc(-c3cn(C)c(=O)cc3-c3ccc(=O)[nH]c3)cn2)c1. The first-order valence-electron chi connectivity index (χ1n) is 9.24. The van der Waals surface area contributed by atoms with Crippen molar-refractivity contribution >= 4 is 5.97 Å². The Labute approximate surface area is 175 Å². The van der Waals surface area contributed by atoms with Gasteiger partial charge in [0.1, 0.15) is 5.75 Å². The summed E-state index contributed by atoms with van der Waals surface area (Å²) in [6.07, 6.45) is 6.47. The molecule has 3 heterocycles. The van der Waals surface area contributed by atoms with Gasteiger partial charge in [0.05, 0.1) is 24.6 Å². The summed E-state index contributed by atoms with van der Waals surface area (Å²) in [7, 11) is 3.13. The van der Waals surface area contributed by atoms with Gasteiger partial charge in [0, 0.05) is 55.0 Å². The van der Waals surface area contributed by atoms with Crippen LogP contribution in [-0.4, -0.2) is 37.5 Å². The number of methoxy groups -OCH3 is 1. The number of H-pyrrole nitrogens is 1. The molecule has 0 bridgehead atoms. The minimum Gasteiger partial charge on any atom is -0.497 e. The van der Waals surface area contributed by atoms with Crippen molar-refractivity contribution in [2.24, 2.45) is 7.05 Å². The van der Waals surface area contributed by atoms with Crippen LogP contribution in [0.25, 0.3) is 27.9 Å². The monoisotopic (exact) mass is 418 g/mol. The summed E-state index contributed by atoms with van der Waals surface area (Å²) < 4.78 is 8.10. The minimum atomic E-state index is -1.09. The molecule has 0 amide bonds. The van der Waals surface area contributed by atoms with Gasteiger partial charge in [0.25, 0.3) is 5.56 Å². The topological polar surface area (TPSA) is 119 Å². The molecule has 0 atom stereocenters. The molecule has 0 saturated heterocycles. The lowest BCUT2D eigenvalue weighted by Gasteiger charge is -2.10. The molecule has 0 saturated carbocycles. The number of ether oxygens (including phenoxy) is 1. The molecule has 2 N–H and O–H groups in total. The molecule has 9 heteroatoms. The molecule has 0 aliphatic carbocycles. The number of carboxylic acid groups (broad SMARTS) is 1. The van der Waals surface area contributed by atoms with E-state index in [1.165, 1.54) is 40.8 Å². The molecule has 0 unspecified atom stereocenters. The highest BCUT2D eigenvalue weighted by Gasteiger charge is 2.17. The molecule has 4 aromatic rings. The van der Waals surface area contributed by atoms with Crippen molar-refractivity contribution in [1.29, 1.82) is 0 Å². The largest absolute Gasteiger partial charge is 0.497 e. The van der Waals surface area contributed by atoms with E-state index in [0.29, 0.717) is 33.7 Å². The van der Waals surface area contributed by atoms with E-state index in [4.69, 9.17) is 4.74 Å². The Bertz CT molecular complexity index is 1390. The maximum absolute atomic E-state index is 12.3.